The second kappa shape index (κ2) is 4.03. The molecule has 0 saturated carbocycles. The molecule has 3 heterocycles. The molecule has 0 aromatic carbocycles. The van der Waals surface area contributed by atoms with Crippen molar-refractivity contribution in [1.82, 2.24) is 19.2 Å². The van der Waals surface area contributed by atoms with Crippen molar-refractivity contribution in [2.75, 3.05) is 6.54 Å². The van der Waals surface area contributed by atoms with Gasteiger partial charge in [-0.15, -0.1) is 0 Å². The maximum atomic E-state index is 5.57. The maximum absolute atomic E-state index is 5.57. The van der Waals surface area contributed by atoms with E-state index in [1.165, 1.54) is 0 Å². The highest BCUT2D eigenvalue weighted by molar-refractivity contribution is 5.60. The third kappa shape index (κ3) is 1.70. The predicted octanol–water partition coefficient (Wildman–Crippen LogP) is 1.16. The normalized spacial score (nSPS) is 11.1. The first-order valence-electron chi connectivity index (χ1n) is 5.54. The van der Waals surface area contributed by atoms with Gasteiger partial charge >= 0.3 is 0 Å². The number of aromatic nitrogens is 4. The van der Waals surface area contributed by atoms with Crippen LogP contribution in [0.25, 0.3) is 17.0 Å². The van der Waals surface area contributed by atoms with Gasteiger partial charge in [-0.2, -0.15) is 5.10 Å². The highest BCUT2D eigenvalue weighted by atomic mass is 15.3. The average Bonchev–Trinajstić information content (AvgIpc) is 2.93. The third-order valence-corrected chi connectivity index (χ3v) is 2.70. The standard InChI is InChI=1S/C12H13N5/c13-4-6-16-7-8-17-12(16)9-11(15-17)10-3-1-2-5-14-10/h1-3,5,7-9H,4,6,13H2. The summed E-state index contributed by atoms with van der Waals surface area (Å²) in [7, 11) is 0. The highest BCUT2D eigenvalue weighted by Crippen LogP contribution is 2.17. The number of nitrogens with two attached hydrogens (primary N) is 1. The lowest BCUT2D eigenvalue weighted by atomic mass is 10.3. The molecular formula is C12H13N5. The number of imidazole rings is 1. The number of hydrogen-bond donors (Lipinski definition) is 1. The third-order valence-electron chi connectivity index (χ3n) is 2.70. The Balaban J connectivity index is 2.08. The summed E-state index contributed by atoms with van der Waals surface area (Å²) in [5, 5.41) is 4.48. The van der Waals surface area contributed by atoms with Crippen molar-refractivity contribution in [2.24, 2.45) is 5.73 Å². The Morgan fingerprint density at radius 1 is 1.18 bits per heavy atom. The summed E-state index contributed by atoms with van der Waals surface area (Å²) < 4.78 is 3.93. The summed E-state index contributed by atoms with van der Waals surface area (Å²) in [6.07, 6.45) is 5.68. The van der Waals surface area contributed by atoms with Crippen LogP contribution in [-0.2, 0) is 6.54 Å². The second-order valence-corrected chi connectivity index (χ2v) is 3.83. The average molecular weight is 227 g/mol. The van der Waals surface area contributed by atoms with E-state index in [2.05, 4.69) is 14.6 Å². The van der Waals surface area contributed by atoms with Gasteiger partial charge in [0.25, 0.3) is 0 Å². The Labute approximate surface area is 98.5 Å². The molecule has 0 aliphatic carbocycles. The van der Waals surface area contributed by atoms with Crippen molar-refractivity contribution in [3.63, 3.8) is 0 Å². The molecule has 0 amide bonds. The fraction of sp³-hybridized carbons (Fsp3) is 0.167. The molecule has 3 rings (SSSR count). The summed E-state index contributed by atoms with van der Waals surface area (Å²) in [5.74, 6) is 0. The van der Waals surface area contributed by atoms with Crippen LogP contribution in [0, 0.1) is 0 Å². The lowest BCUT2D eigenvalue weighted by Gasteiger charge is -1.98. The molecule has 3 aromatic heterocycles. The van der Waals surface area contributed by atoms with Crippen LogP contribution in [-0.4, -0.2) is 25.7 Å². The first kappa shape index (κ1) is 10.0. The molecule has 5 heteroatoms. The molecule has 0 unspecified atom stereocenters. The lowest BCUT2D eigenvalue weighted by molar-refractivity contribution is 0.730. The minimum Gasteiger partial charge on any atom is -0.330 e. The van der Waals surface area contributed by atoms with E-state index in [1.807, 2.05) is 41.2 Å². The van der Waals surface area contributed by atoms with Crippen LogP contribution >= 0.6 is 0 Å². The van der Waals surface area contributed by atoms with Gasteiger partial charge in [-0.05, 0) is 12.1 Å². The number of pyridine rings is 1. The SMILES string of the molecule is NCCn1ccn2nc(-c3ccccn3)cc12. The second-order valence-electron chi connectivity index (χ2n) is 3.83. The van der Waals surface area contributed by atoms with Gasteiger partial charge in [0.2, 0.25) is 0 Å². The van der Waals surface area contributed by atoms with Crippen molar-refractivity contribution in [2.45, 2.75) is 6.54 Å². The summed E-state index contributed by atoms with van der Waals surface area (Å²) in [4.78, 5) is 4.29. The molecule has 2 N–H and O–H groups in total. The van der Waals surface area contributed by atoms with Crippen LogP contribution in [0.1, 0.15) is 0 Å². The summed E-state index contributed by atoms with van der Waals surface area (Å²) in [6.45, 7) is 1.41. The van der Waals surface area contributed by atoms with Gasteiger partial charge < -0.3 is 10.3 Å². The highest BCUT2D eigenvalue weighted by Gasteiger charge is 2.07. The summed E-state index contributed by atoms with van der Waals surface area (Å²) in [6, 6.07) is 7.83. The van der Waals surface area contributed by atoms with Crippen molar-refractivity contribution in [1.29, 1.82) is 0 Å². The first-order chi connectivity index (χ1) is 8.38. The minimum atomic E-state index is 0.619. The zero-order valence-electron chi connectivity index (χ0n) is 9.32. The lowest BCUT2D eigenvalue weighted by Crippen LogP contribution is -2.08. The van der Waals surface area contributed by atoms with Gasteiger partial charge in [-0.1, -0.05) is 6.07 Å². The molecule has 5 nitrogen and oxygen atoms in total. The van der Waals surface area contributed by atoms with Gasteiger partial charge in [0.15, 0.2) is 0 Å². The fourth-order valence-electron chi connectivity index (χ4n) is 1.90. The number of hydrogen-bond acceptors (Lipinski definition) is 3. The fourth-order valence-corrected chi connectivity index (χ4v) is 1.90. The zero-order valence-corrected chi connectivity index (χ0v) is 9.32. The van der Waals surface area contributed by atoms with Crippen molar-refractivity contribution < 1.29 is 0 Å². The Morgan fingerprint density at radius 3 is 2.88 bits per heavy atom. The van der Waals surface area contributed by atoms with Crippen LogP contribution in [0.3, 0.4) is 0 Å². The number of rotatable bonds is 3. The Morgan fingerprint density at radius 2 is 2.12 bits per heavy atom. The van der Waals surface area contributed by atoms with Crippen LogP contribution in [0.15, 0.2) is 42.9 Å². The Kier molecular flexibility index (Phi) is 2.38. The van der Waals surface area contributed by atoms with E-state index in [1.54, 1.807) is 6.20 Å². The van der Waals surface area contributed by atoms with Crippen LogP contribution < -0.4 is 5.73 Å². The molecule has 0 aliphatic heterocycles. The van der Waals surface area contributed by atoms with Gasteiger partial charge in [-0.3, -0.25) is 4.98 Å². The summed E-state index contributed by atoms with van der Waals surface area (Å²) >= 11 is 0. The van der Waals surface area contributed by atoms with E-state index in [-0.39, 0.29) is 0 Å². The Bertz CT molecular complexity index is 623. The van der Waals surface area contributed by atoms with Gasteiger partial charge in [0.1, 0.15) is 11.3 Å². The molecule has 0 bridgehead atoms. The van der Waals surface area contributed by atoms with Crippen LogP contribution in [0.4, 0.5) is 0 Å². The van der Waals surface area contributed by atoms with Gasteiger partial charge in [0, 0.05) is 37.7 Å². The van der Waals surface area contributed by atoms with Crippen molar-refractivity contribution in [3.8, 4) is 11.4 Å². The van der Waals surface area contributed by atoms with E-state index in [9.17, 15) is 0 Å². The molecule has 0 saturated heterocycles. The minimum absolute atomic E-state index is 0.619. The van der Waals surface area contributed by atoms with E-state index in [0.717, 1.165) is 23.6 Å². The largest absolute Gasteiger partial charge is 0.330 e. The Hall–Kier alpha value is -2.14. The quantitative estimate of drug-likeness (QED) is 0.730. The number of fused-ring (bicyclic) bond motifs is 1. The smallest absolute Gasteiger partial charge is 0.136 e. The molecule has 0 fully saturated rings. The maximum Gasteiger partial charge on any atom is 0.136 e. The van der Waals surface area contributed by atoms with E-state index < -0.39 is 0 Å². The van der Waals surface area contributed by atoms with Gasteiger partial charge in [-0.25, -0.2) is 4.52 Å². The van der Waals surface area contributed by atoms with Crippen molar-refractivity contribution in [3.05, 3.63) is 42.9 Å². The molecule has 3 aromatic rings. The molecule has 86 valence electrons. The molecule has 17 heavy (non-hydrogen) atoms. The van der Waals surface area contributed by atoms with Crippen LogP contribution in [0.5, 0.6) is 0 Å². The molecule has 0 spiro atoms. The van der Waals surface area contributed by atoms with E-state index in [4.69, 9.17) is 5.73 Å². The van der Waals surface area contributed by atoms with E-state index in [0.29, 0.717) is 6.54 Å². The van der Waals surface area contributed by atoms with Crippen molar-refractivity contribution >= 4 is 5.65 Å². The molecular weight excluding hydrogens is 214 g/mol. The summed E-state index contributed by atoms with van der Waals surface area (Å²) in [5.41, 5.74) is 8.37. The zero-order chi connectivity index (χ0) is 11.7. The topological polar surface area (TPSA) is 61.1 Å². The van der Waals surface area contributed by atoms with E-state index >= 15 is 0 Å². The number of nitrogens with zero attached hydrogens (tertiary/aromatic N) is 4. The van der Waals surface area contributed by atoms with Crippen LogP contribution in [0.2, 0.25) is 0 Å². The van der Waals surface area contributed by atoms with Gasteiger partial charge in [0.05, 0.1) is 5.69 Å². The molecule has 0 radical (unpaired) electrons. The predicted molar refractivity (Wildman–Crippen MR) is 65.5 cm³/mol. The molecule has 0 atom stereocenters. The molecule has 0 aliphatic rings. The monoisotopic (exact) mass is 227 g/mol. The first-order valence-corrected chi connectivity index (χ1v) is 5.54.